The maximum atomic E-state index is 13.7. The summed E-state index contributed by atoms with van der Waals surface area (Å²) in [6, 6.07) is 8.41. The number of halogens is 2. The van der Waals surface area contributed by atoms with Crippen LogP contribution in [0.3, 0.4) is 0 Å². The normalized spacial score (nSPS) is 27.0. The number of alkyl halides is 2. The van der Waals surface area contributed by atoms with Crippen LogP contribution in [0.1, 0.15) is 63.9 Å². The van der Waals surface area contributed by atoms with Gasteiger partial charge in [-0.2, -0.15) is 0 Å². The highest BCUT2D eigenvalue weighted by molar-refractivity contribution is 6.51. The van der Waals surface area contributed by atoms with E-state index < -0.39 is 9.93 Å². The zero-order valence-corrected chi connectivity index (χ0v) is 21.7. The highest BCUT2D eigenvalue weighted by Crippen LogP contribution is 2.59. The molecular formula is C26H38Cl2N2O3. The lowest BCUT2D eigenvalue weighted by Gasteiger charge is -2.46. The number of hydrogen-bond donors (Lipinski definition) is 0. The van der Waals surface area contributed by atoms with Crippen LogP contribution in [0.15, 0.2) is 24.3 Å². The van der Waals surface area contributed by atoms with E-state index in [2.05, 4.69) is 4.90 Å². The van der Waals surface area contributed by atoms with E-state index in [1.807, 2.05) is 43.0 Å². The molecule has 1 aliphatic carbocycles. The van der Waals surface area contributed by atoms with Crippen molar-refractivity contribution >= 4 is 29.1 Å². The fraction of sp³-hybridized carbons (Fsp3) is 0.731. The van der Waals surface area contributed by atoms with Gasteiger partial charge in [-0.25, -0.2) is 0 Å². The van der Waals surface area contributed by atoms with Crippen molar-refractivity contribution < 1.29 is 14.3 Å². The smallest absolute Gasteiger partial charge is 0.266 e. The van der Waals surface area contributed by atoms with Crippen molar-refractivity contribution in [3.05, 3.63) is 29.8 Å². The molecule has 1 amide bonds. The molecule has 184 valence electrons. The van der Waals surface area contributed by atoms with Gasteiger partial charge in [-0.05, 0) is 82.7 Å². The summed E-state index contributed by atoms with van der Waals surface area (Å²) in [5.74, 6) is 1.37. The average Bonchev–Trinajstić information content (AvgIpc) is 3.44. The first kappa shape index (κ1) is 25.1. The Morgan fingerprint density at radius 1 is 1.15 bits per heavy atom. The van der Waals surface area contributed by atoms with Crippen molar-refractivity contribution in [1.82, 2.24) is 9.80 Å². The number of carbonyl (C=O) groups excluding carboxylic acids is 1. The lowest BCUT2D eigenvalue weighted by Crippen LogP contribution is -2.55. The molecule has 0 spiro atoms. The fourth-order valence-electron chi connectivity index (χ4n) is 5.61. The number of rotatable bonds is 9. The largest absolute Gasteiger partial charge is 0.478 e. The molecule has 1 saturated carbocycles. The van der Waals surface area contributed by atoms with Crippen molar-refractivity contribution in [2.75, 3.05) is 39.9 Å². The van der Waals surface area contributed by atoms with Crippen molar-refractivity contribution in [2.24, 2.45) is 5.92 Å². The van der Waals surface area contributed by atoms with E-state index in [0.717, 1.165) is 18.5 Å². The molecule has 3 atom stereocenters. The number of fused-ring (bicyclic) bond motifs is 1. The number of nitrogens with zero attached hydrogens (tertiary/aromatic N) is 2. The molecule has 33 heavy (non-hydrogen) atoms. The third-order valence-corrected chi connectivity index (χ3v) is 8.37. The van der Waals surface area contributed by atoms with Crippen LogP contribution in [0.2, 0.25) is 0 Å². The summed E-state index contributed by atoms with van der Waals surface area (Å²) in [7, 11) is 1.69. The van der Waals surface area contributed by atoms with Crippen LogP contribution in [0.4, 0.5) is 0 Å². The number of amides is 1. The second-order valence-corrected chi connectivity index (χ2v) is 12.0. The van der Waals surface area contributed by atoms with Crippen LogP contribution in [-0.4, -0.2) is 71.6 Å². The Morgan fingerprint density at radius 2 is 1.85 bits per heavy atom. The third kappa shape index (κ3) is 5.98. The monoisotopic (exact) mass is 496 g/mol. The van der Waals surface area contributed by atoms with Crippen molar-refractivity contribution in [3.8, 4) is 5.75 Å². The van der Waals surface area contributed by atoms with Crippen LogP contribution in [-0.2, 0) is 9.53 Å². The van der Waals surface area contributed by atoms with Gasteiger partial charge >= 0.3 is 0 Å². The number of benzene rings is 1. The van der Waals surface area contributed by atoms with E-state index in [0.29, 0.717) is 30.9 Å². The average molecular weight is 498 g/mol. The summed E-state index contributed by atoms with van der Waals surface area (Å²) in [4.78, 5) is 18.3. The molecule has 0 aromatic heterocycles. The minimum absolute atomic E-state index is 0.0132. The summed E-state index contributed by atoms with van der Waals surface area (Å²) >= 11 is 12.4. The van der Waals surface area contributed by atoms with Gasteiger partial charge in [-0.15, -0.1) is 23.2 Å². The number of piperidine rings is 2. The van der Waals surface area contributed by atoms with Gasteiger partial charge in [-0.1, -0.05) is 18.6 Å². The number of carbonyl (C=O) groups is 1. The van der Waals surface area contributed by atoms with E-state index in [4.69, 9.17) is 32.7 Å². The SMILES string of the molecule is COCCN(C[C@@H]1CCCN2CCCC[C@H]12)C(=O)C(C)(C)Oc1ccc(C2CC2(Cl)Cl)cc1. The Bertz CT molecular complexity index is 812. The standard InChI is InChI=1S/C26H38Cl2N2O3/c1-25(2,33-21-11-9-19(10-12-21)22-17-26(22,27)28)24(31)30(15-16-32-3)18-20-7-6-14-29-13-5-4-8-23(20)29/h9-12,20,22-23H,4-8,13-18H2,1-3H3/t20-,22?,23+/m0/s1. The summed E-state index contributed by atoms with van der Waals surface area (Å²) in [5.41, 5.74) is 0.130. The maximum Gasteiger partial charge on any atom is 0.266 e. The third-order valence-electron chi connectivity index (χ3n) is 7.53. The molecule has 0 radical (unpaired) electrons. The molecule has 2 saturated heterocycles. The zero-order valence-electron chi connectivity index (χ0n) is 20.2. The Balaban J connectivity index is 1.42. The summed E-state index contributed by atoms with van der Waals surface area (Å²) in [6.45, 7) is 8.00. The van der Waals surface area contributed by atoms with Gasteiger partial charge in [0, 0.05) is 32.2 Å². The minimum atomic E-state index is -0.974. The Morgan fingerprint density at radius 3 is 2.52 bits per heavy atom. The van der Waals surface area contributed by atoms with Crippen LogP contribution in [0.5, 0.6) is 5.75 Å². The van der Waals surface area contributed by atoms with Gasteiger partial charge in [0.15, 0.2) is 5.60 Å². The molecule has 4 rings (SSSR count). The molecule has 5 nitrogen and oxygen atoms in total. The molecule has 3 aliphatic rings. The Labute approximate surface area is 208 Å². The van der Waals surface area contributed by atoms with E-state index in [-0.39, 0.29) is 11.8 Å². The maximum absolute atomic E-state index is 13.7. The quantitative estimate of drug-likeness (QED) is 0.438. The summed E-state index contributed by atoms with van der Waals surface area (Å²) in [6.07, 6.45) is 7.01. The van der Waals surface area contributed by atoms with Crippen LogP contribution < -0.4 is 4.74 Å². The first-order valence-corrected chi connectivity index (χ1v) is 13.2. The second-order valence-electron chi connectivity index (χ2n) is 10.4. The molecular weight excluding hydrogens is 459 g/mol. The highest BCUT2D eigenvalue weighted by Gasteiger charge is 2.52. The van der Waals surface area contributed by atoms with Crippen molar-refractivity contribution in [3.63, 3.8) is 0 Å². The van der Waals surface area contributed by atoms with Gasteiger partial charge in [-0.3, -0.25) is 4.79 Å². The van der Waals surface area contributed by atoms with E-state index in [1.54, 1.807) is 7.11 Å². The molecule has 3 fully saturated rings. The van der Waals surface area contributed by atoms with Gasteiger partial charge in [0.2, 0.25) is 0 Å². The molecule has 7 heteroatoms. The first-order valence-electron chi connectivity index (χ1n) is 12.4. The zero-order chi connectivity index (χ0) is 23.6. The molecule has 0 N–H and O–H groups in total. The molecule has 1 aromatic carbocycles. The minimum Gasteiger partial charge on any atom is -0.478 e. The number of ether oxygens (including phenoxy) is 2. The number of hydrogen-bond acceptors (Lipinski definition) is 4. The highest BCUT2D eigenvalue weighted by atomic mass is 35.5. The lowest BCUT2D eigenvalue weighted by molar-refractivity contribution is -0.147. The van der Waals surface area contributed by atoms with Gasteiger partial charge in [0.1, 0.15) is 10.1 Å². The lowest BCUT2D eigenvalue weighted by atomic mass is 9.83. The van der Waals surface area contributed by atoms with Gasteiger partial charge in [0.25, 0.3) is 5.91 Å². The number of methoxy groups -OCH3 is 1. The Hall–Kier alpha value is -1.01. The molecule has 2 heterocycles. The molecule has 1 unspecified atom stereocenters. The Kier molecular flexibility index (Phi) is 7.84. The first-order chi connectivity index (χ1) is 15.7. The van der Waals surface area contributed by atoms with Crippen molar-refractivity contribution in [1.29, 1.82) is 0 Å². The summed E-state index contributed by atoms with van der Waals surface area (Å²) < 4.78 is 10.9. The molecule has 2 aliphatic heterocycles. The van der Waals surface area contributed by atoms with Crippen LogP contribution in [0, 0.1) is 5.92 Å². The molecule has 1 aromatic rings. The van der Waals surface area contributed by atoms with E-state index >= 15 is 0 Å². The fourth-order valence-corrected chi connectivity index (χ4v) is 6.17. The van der Waals surface area contributed by atoms with Crippen molar-refractivity contribution in [2.45, 2.75) is 74.3 Å². The van der Waals surface area contributed by atoms with Gasteiger partial charge in [0.05, 0.1) is 6.61 Å². The summed E-state index contributed by atoms with van der Waals surface area (Å²) in [5, 5.41) is 0. The van der Waals surface area contributed by atoms with E-state index in [1.165, 1.54) is 45.2 Å². The van der Waals surface area contributed by atoms with Crippen LogP contribution >= 0.6 is 23.2 Å². The predicted molar refractivity (Wildman–Crippen MR) is 133 cm³/mol. The van der Waals surface area contributed by atoms with Crippen LogP contribution in [0.25, 0.3) is 0 Å². The van der Waals surface area contributed by atoms with Gasteiger partial charge < -0.3 is 19.3 Å². The second kappa shape index (κ2) is 10.3. The predicted octanol–water partition coefficient (Wildman–Crippen LogP) is 5.24. The topological polar surface area (TPSA) is 42.0 Å². The van der Waals surface area contributed by atoms with E-state index in [9.17, 15) is 4.79 Å². The molecule has 0 bridgehead atoms.